The third-order valence-corrected chi connectivity index (χ3v) is 4.62. The molecule has 2 aromatic rings. The van der Waals surface area contributed by atoms with Crippen molar-refractivity contribution in [1.82, 2.24) is 5.43 Å². The number of carbonyl (C=O) groups is 1. The number of thioether (sulfide) groups is 1. The van der Waals surface area contributed by atoms with E-state index in [2.05, 4.69) is 17.1 Å². The first-order valence-corrected chi connectivity index (χ1v) is 9.60. The number of hydrogen-bond donors (Lipinski definition) is 1. The van der Waals surface area contributed by atoms with Crippen molar-refractivity contribution in [1.29, 1.82) is 0 Å². The summed E-state index contributed by atoms with van der Waals surface area (Å²) in [6.07, 6.45) is 3.59. The van der Waals surface area contributed by atoms with E-state index in [1.807, 2.05) is 30.3 Å². The average Bonchev–Trinajstić information content (AvgIpc) is 2.68. The lowest BCUT2D eigenvalue weighted by Gasteiger charge is -2.09. The fraction of sp³-hybridized carbons (Fsp3) is 0.200. The second-order valence-corrected chi connectivity index (χ2v) is 6.96. The highest BCUT2D eigenvalue weighted by Crippen LogP contribution is 2.27. The van der Waals surface area contributed by atoms with Crippen LogP contribution in [0.5, 0.6) is 11.5 Å². The molecule has 0 heterocycles. The number of nitrogens with zero attached hydrogens (tertiary/aromatic N) is 1. The number of hydrazone groups is 1. The van der Waals surface area contributed by atoms with Crippen molar-refractivity contribution in [3.8, 4) is 11.5 Å². The van der Waals surface area contributed by atoms with Gasteiger partial charge in [0.1, 0.15) is 6.61 Å². The van der Waals surface area contributed by atoms with Crippen molar-refractivity contribution >= 4 is 35.5 Å². The van der Waals surface area contributed by atoms with Crippen LogP contribution in [0.25, 0.3) is 0 Å². The molecule has 2 rings (SSSR count). The summed E-state index contributed by atoms with van der Waals surface area (Å²) in [6.45, 7) is 4.01. The Morgan fingerprint density at radius 3 is 2.74 bits per heavy atom. The molecule has 0 atom stereocenters. The van der Waals surface area contributed by atoms with Crippen LogP contribution in [0.3, 0.4) is 0 Å². The Morgan fingerprint density at radius 2 is 2.04 bits per heavy atom. The predicted octanol–water partition coefficient (Wildman–Crippen LogP) is 4.55. The summed E-state index contributed by atoms with van der Waals surface area (Å²) in [5.41, 5.74) is 3.31. The van der Waals surface area contributed by atoms with E-state index < -0.39 is 0 Å². The van der Waals surface area contributed by atoms with Crippen LogP contribution >= 0.6 is 23.4 Å². The number of hydrogen-bond acceptors (Lipinski definition) is 5. The van der Waals surface area contributed by atoms with Gasteiger partial charge in [0, 0.05) is 22.1 Å². The van der Waals surface area contributed by atoms with E-state index in [-0.39, 0.29) is 5.91 Å². The van der Waals surface area contributed by atoms with Crippen molar-refractivity contribution in [2.75, 3.05) is 19.5 Å². The molecule has 0 aliphatic heterocycles. The monoisotopic (exact) mass is 404 g/mol. The van der Waals surface area contributed by atoms with E-state index in [1.165, 1.54) is 0 Å². The maximum Gasteiger partial charge on any atom is 0.240 e. The lowest BCUT2D eigenvalue weighted by molar-refractivity contribution is -0.120. The van der Waals surface area contributed by atoms with Gasteiger partial charge >= 0.3 is 0 Å². The molecule has 0 fully saturated rings. The topological polar surface area (TPSA) is 59.9 Å². The van der Waals surface area contributed by atoms with Crippen LogP contribution in [0.15, 0.2) is 65.1 Å². The van der Waals surface area contributed by atoms with Crippen LogP contribution in [-0.2, 0) is 4.79 Å². The number of ether oxygens (including phenoxy) is 2. The van der Waals surface area contributed by atoms with E-state index in [4.69, 9.17) is 21.1 Å². The maximum atomic E-state index is 11.9. The minimum absolute atomic E-state index is 0.148. The Morgan fingerprint density at radius 1 is 1.26 bits per heavy atom. The molecule has 0 spiro atoms. The predicted molar refractivity (Wildman–Crippen MR) is 111 cm³/mol. The Bertz CT molecular complexity index is 794. The first-order valence-electron chi connectivity index (χ1n) is 8.24. The Labute approximate surface area is 168 Å². The van der Waals surface area contributed by atoms with Crippen molar-refractivity contribution in [2.24, 2.45) is 5.10 Å². The number of benzene rings is 2. The van der Waals surface area contributed by atoms with Crippen LogP contribution in [0.1, 0.15) is 12.0 Å². The van der Waals surface area contributed by atoms with Crippen molar-refractivity contribution in [3.05, 3.63) is 65.7 Å². The van der Waals surface area contributed by atoms with E-state index in [0.717, 1.165) is 10.5 Å². The molecule has 2 aromatic carbocycles. The number of rotatable bonds is 10. The fourth-order valence-corrected chi connectivity index (χ4v) is 3.04. The normalized spacial score (nSPS) is 10.6. The number of methoxy groups -OCH3 is 1. The third-order valence-electron chi connectivity index (χ3n) is 3.36. The van der Waals surface area contributed by atoms with Gasteiger partial charge in [-0.05, 0) is 48.0 Å². The molecule has 0 aliphatic rings. The van der Waals surface area contributed by atoms with E-state index in [0.29, 0.717) is 35.3 Å². The molecule has 0 radical (unpaired) electrons. The molecule has 0 saturated heterocycles. The summed E-state index contributed by atoms with van der Waals surface area (Å²) in [6, 6.07) is 12.9. The van der Waals surface area contributed by atoms with E-state index in [1.54, 1.807) is 43.3 Å². The zero-order valence-electron chi connectivity index (χ0n) is 15.0. The molecule has 0 aromatic heterocycles. The van der Waals surface area contributed by atoms with Gasteiger partial charge in [-0.1, -0.05) is 24.3 Å². The average molecular weight is 405 g/mol. The van der Waals surface area contributed by atoms with E-state index >= 15 is 0 Å². The van der Waals surface area contributed by atoms with Crippen molar-refractivity contribution in [2.45, 2.75) is 11.3 Å². The highest BCUT2D eigenvalue weighted by atomic mass is 35.5. The quantitative estimate of drug-likeness (QED) is 0.273. The van der Waals surface area contributed by atoms with Crippen LogP contribution in [0, 0.1) is 0 Å². The molecule has 0 aliphatic carbocycles. The van der Waals surface area contributed by atoms with Crippen molar-refractivity contribution in [3.63, 3.8) is 0 Å². The summed E-state index contributed by atoms with van der Waals surface area (Å²) < 4.78 is 10.8. The minimum atomic E-state index is -0.148. The molecule has 5 nitrogen and oxygen atoms in total. The summed E-state index contributed by atoms with van der Waals surface area (Å²) in [7, 11) is 1.57. The van der Waals surface area contributed by atoms with Crippen LogP contribution in [0.4, 0.5) is 0 Å². The Hall–Kier alpha value is -2.44. The number of nitrogens with one attached hydrogen (secondary N) is 1. The number of halogens is 1. The first kappa shape index (κ1) is 20.9. The van der Waals surface area contributed by atoms with Gasteiger partial charge in [-0.15, -0.1) is 11.8 Å². The molecule has 1 amide bonds. The zero-order chi connectivity index (χ0) is 19.5. The van der Waals surface area contributed by atoms with Gasteiger partial charge < -0.3 is 9.47 Å². The highest BCUT2D eigenvalue weighted by Gasteiger charge is 2.05. The second-order valence-electron chi connectivity index (χ2n) is 5.36. The molecular weight excluding hydrogens is 384 g/mol. The van der Waals surface area contributed by atoms with Crippen molar-refractivity contribution < 1.29 is 14.3 Å². The summed E-state index contributed by atoms with van der Waals surface area (Å²) >= 11 is 7.44. The molecular formula is C20H21ClN2O3S. The molecule has 1 N–H and O–H groups in total. The lowest BCUT2D eigenvalue weighted by atomic mass is 10.2. The molecule has 0 saturated carbocycles. The second kappa shape index (κ2) is 11.3. The maximum absolute atomic E-state index is 11.9. The summed E-state index contributed by atoms with van der Waals surface area (Å²) in [5, 5.41) is 4.68. The van der Waals surface area contributed by atoms with Crippen LogP contribution in [-0.4, -0.2) is 31.6 Å². The first-order chi connectivity index (χ1) is 13.1. The van der Waals surface area contributed by atoms with Crippen LogP contribution in [0.2, 0.25) is 5.02 Å². The van der Waals surface area contributed by atoms with Gasteiger partial charge in [-0.3, -0.25) is 4.79 Å². The smallest absolute Gasteiger partial charge is 0.240 e. The molecule has 142 valence electrons. The Balaban J connectivity index is 1.79. The molecule has 0 bridgehead atoms. The largest absolute Gasteiger partial charge is 0.493 e. The standard InChI is InChI=1S/C20H21ClN2O3S/c1-3-11-26-18-9-4-15(13-19(18)25-2)14-22-23-20(24)10-12-27-17-7-5-16(21)6-8-17/h3-9,13-14H,1,10-12H2,2H3,(H,23,24)/b22-14-. The summed E-state index contributed by atoms with van der Waals surface area (Å²) in [5.74, 6) is 1.72. The number of amides is 1. The lowest BCUT2D eigenvalue weighted by Crippen LogP contribution is -2.17. The minimum Gasteiger partial charge on any atom is -0.493 e. The van der Waals surface area contributed by atoms with Gasteiger partial charge in [0.05, 0.1) is 13.3 Å². The Kier molecular flexibility index (Phi) is 8.74. The highest BCUT2D eigenvalue weighted by molar-refractivity contribution is 7.99. The third kappa shape index (κ3) is 7.37. The zero-order valence-corrected chi connectivity index (χ0v) is 16.6. The summed E-state index contributed by atoms with van der Waals surface area (Å²) in [4.78, 5) is 12.9. The van der Waals surface area contributed by atoms with Gasteiger partial charge in [0.25, 0.3) is 0 Å². The SMILES string of the molecule is C=CCOc1ccc(/C=N\NC(=O)CCSc2ccc(Cl)cc2)cc1OC. The van der Waals surface area contributed by atoms with Gasteiger partial charge in [0.2, 0.25) is 5.91 Å². The molecule has 27 heavy (non-hydrogen) atoms. The van der Waals surface area contributed by atoms with Gasteiger partial charge in [0.15, 0.2) is 11.5 Å². The fourth-order valence-electron chi connectivity index (χ4n) is 2.06. The van der Waals surface area contributed by atoms with Gasteiger partial charge in [-0.2, -0.15) is 5.10 Å². The van der Waals surface area contributed by atoms with Gasteiger partial charge in [-0.25, -0.2) is 5.43 Å². The number of carbonyl (C=O) groups excluding carboxylic acids is 1. The molecule has 7 heteroatoms. The molecule has 0 unspecified atom stereocenters. The van der Waals surface area contributed by atoms with Crippen LogP contribution < -0.4 is 14.9 Å². The van der Waals surface area contributed by atoms with E-state index in [9.17, 15) is 4.79 Å².